The van der Waals surface area contributed by atoms with Crippen LogP contribution in [0.3, 0.4) is 0 Å². The number of rotatable bonds is 6. The highest BCUT2D eigenvalue weighted by Gasteiger charge is 2.35. The number of hydrogen-bond donors (Lipinski definition) is 3. The summed E-state index contributed by atoms with van der Waals surface area (Å²) >= 11 is 0. The summed E-state index contributed by atoms with van der Waals surface area (Å²) in [5.41, 5.74) is 4.16. The van der Waals surface area contributed by atoms with Gasteiger partial charge in [0, 0.05) is 24.0 Å². The summed E-state index contributed by atoms with van der Waals surface area (Å²) in [4.78, 5) is 24.9. The number of halogens is 1. The molecule has 0 unspecified atom stereocenters. The summed E-state index contributed by atoms with van der Waals surface area (Å²) in [5, 5.41) is 18.6. The minimum atomic E-state index is -1.51. The van der Waals surface area contributed by atoms with Crippen molar-refractivity contribution in [1.29, 1.82) is 0 Å². The molecule has 0 bridgehead atoms. The van der Waals surface area contributed by atoms with Gasteiger partial charge in [0.15, 0.2) is 0 Å². The van der Waals surface area contributed by atoms with Gasteiger partial charge in [-0.15, -0.1) is 0 Å². The molecular weight excluding hydrogens is 305 g/mol. The fraction of sp³-hybridized carbons (Fsp3) is 0.867. The Hall–Kier alpha value is -1.57. The Balaban J connectivity index is 5.12. The molecule has 0 heterocycles. The largest absolute Gasteiger partial charge is 0.465 e. The van der Waals surface area contributed by atoms with Crippen molar-refractivity contribution in [3.8, 4) is 0 Å². The molecule has 8 heteroatoms. The molecule has 0 fully saturated rings. The highest BCUT2D eigenvalue weighted by atomic mass is 19.1. The molecule has 0 aromatic rings. The molecule has 0 spiro atoms. The molecule has 23 heavy (non-hydrogen) atoms. The second-order valence-electron chi connectivity index (χ2n) is 7.61. The standard InChI is InChI=1S/C15H30FN3O4/c1-14(2,3)18(12(20)21)9-10(16)7-11(8-17)19(13(22)23)15(4,5)6/h10-11H,7-9,17H2,1-6H3,(H,20,21)(H,22,23)/t10-,11+/m0/s1. The third kappa shape index (κ3) is 6.60. The SMILES string of the molecule is CC(C)(C)N(C[C@@H](F)C[C@H](CN)N(C(=O)O)C(C)(C)C)C(=O)O. The van der Waals surface area contributed by atoms with Crippen LogP contribution < -0.4 is 5.73 Å². The minimum Gasteiger partial charge on any atom is -0.465 e. The van der Waals surface area contributed by atoms with Crippen molar-refractivity contribution in [3.05, 3.63) is 0 Å². The van der Waals surface area contributed by atoms with Gasteiger partial charge in [-0.1, -0.05) is 0 Å². The summed E-state index contributed by atoms with van der Waals surface area (Å²) in [6.45, 7) is 9.77. The Morgan fingerprint density at radius 2 is 1.52 bits per heavy atom. The fourth-order valence-corrected chi connectivity index (χ4v) is 2.50. The zero-order chi connectivity index (χ0) is 18.6. The lowest BCUT2D eigenvalue weighted by Crippen LogP contribution is -2.55. The van der Waals surface area contributed by atoms with E-state index in [1.165, 1.54) is 0 Å². The van der Waals surface area contributed by atoms with Gasteiger partial charge in [-0.2, -0.15) is 0 Å². The van der Waals surface area contributed by atoms with Crippen molar-refractivity contribution in [1.82, 2.24) is 9.80 Å². The first kappa shape index (κ1) is 21.4. The second kappa shape index (κ2) is 7.81. The normalized spacial score (nSPS) is 15.0. The lowest BCUT2D eigenvalue weighted by Gasteiger charge is -2.40. The van der Waals surface area contributed by atoms with Crippen molar-refractivity contribution in [2.24, 2.45) is 5.73 Å². The molecule has 0 aliphatic carbocycles. The van der Waals surface area contributed by atoms with Crippen LogP contribution in [0.25, 0.3) is 0 Å². The maximum Gasteiger partial charge on any atom is 0.408 e. The predicted molar refractivity (Wildman–Crippen MR) is 86.5 cm³/mol. The molecule has 4 N–H and O–H groups in total. The van der Waals surface area contributed by atoms with Crippen molar-refractivity contribution < 1.29 is 24.2 Å². The number of alkyl halides is 1. The van der Waals surface area contributed by atoms with Crippen LogP contribution in [-0.2, 0) is 0 Å². The van der Waals surface area contributed by atoms with E-state index in [1.807, 2.05) is 0 Å². The first-order valence-electron chi connectivity index (χ1n) is 7.58. The number of hydrogen-bond acceptors (Lipinski definition) is 3. The van der Waals surface area contributed by atoms with Crippen LogP contribution in [0.2, 0.25) is 0 Å². The van der Waals surface area contributed by atoms with Gasteiger partial charge in [0.1, 0.15) is 6.17 Å². The van der Waals surface area contributed by atoms with Crippen LogP contribution in [0.15, 0.2) is 0 Å². The highest BCUT2D eigenvalue weighted by molar-refractivity contribution is 5.67. The molecular formula is C15H30FN3O4. The molecule has 0 rings (SSSR count). The summed E-state index contributed by atoms with van der Waals surface area (Å²) in [6.07, 6.45) is -4.05. The molecule has 0 saturated heterocycles. The van der Waals surface area contributed by atoms with Crippen molar-refractivity contribution in [3.63, 3.8) is 0 Å². The Labute approximate surface area is 137 Å². The van der Waals surface area contributed by atoms with E-state index in [2.05, 4.69) is 0 Å². The molecule has 7 nitrogen and oxygen atoms in total. The lowest BCUT2D eigenvalue weighted by atomic mass is 9.99. The summed E-state index contributed by atoms with van der Waals surface area (Å²) in [6, 6.07) is -0.724. The van der Waals surface area contributed by atoms with Gasteiger partial charge in [-0.25, -0.2) is 14.0 Å². The summed E-state index contributed by atoms with van der Waals surface area (Å²) in [7, 11) is 0. The van der Waals surface area contributed by atoms with Gasteiger partial charge in [0.05, 0.1) is 12.6 Å². The zero-order valence-corrected chi connectivity index (χ0v) is 14.8. The Morgan fingerprint density at radius 1 is 1.04 bits per heavy atom. The van der Waals surface area contributed by atoms with Crippen molar-refractivity contribution >= 4 is 12.2 Å². The van der Waals surface area contributed by atoms with E-state index in [4.69, 9.17) is 5.73 Å². The number of nitrogens with zero attached hydrogens (tertiary/aromatic N) is 2. The molecule has 0 aromatic heterocycles. The van der Waals surface area contributed by atoms with E-state index >= 15 is 0 Å². The van der Waals surface area contributed by atoms with Crippen molar-refractivity contribution in [2.75, 3.05) is 13.1 Å². The molecule has 2 atom stereocenters. The molecule has 0 radical (unpaired) electrons. The minimum absolute atomic E-state index is 0.0351. The van der Waals surface area contributed by atoms with Crippen LogP contribution in [0.5, 0.6) is 0 Å². The highest BCUT2D eigenvalue weighted by Crippen LogP contribution is 2.22. The number of carboxylic acid groups (broad SMARTS) is 2. The average molecular weight is 335 g/mol. The topological polar surface area (TPSA) is 107 Å². The zero-order valence-electron chi connectivity index (χ0n) is 14.8. The van der Waals surface area contributed by atoms with Gasteiger partial charge < -0.3 is 20.8 Å². The first-order chi connectivity index (χ1) is 10.2. The second-order valence-corrected chi connectivity index (χ2v) is 7.61. The summed E-state index contributed by atoms with van der Waals surface area (Å²) < 4.78 is 14.4. The fourth-order valence-electron chi connectivity index (χ4n) is 2.50. The van der Waals surface area contributed by atoms with E-state index in [9.17, 15) is 24.2 Å². The average Bonchev–Trinajstić information content (AvgIpc) is 2.30. The quantitative estimate of drug-likeness (QED) is 0.691. The Kier molecular flexibility index (Phi) is 7.27. The van der Waals surface area contributed by atoms with Gasteiger partial charge in [-0.3, -0.25) is 4.90 Å². The van der Waals surface area contributed by atoms with Crippen LogP contribution in [0.1, 0.15) is 48.0 Å². The van der Waals surface area contributed by atoms with Gasteiger partial charge in [0.2, 0.25) is 0 Å². The first-order valence-corrected chi connectivity index (χ1v) is 7.58. The maximum atomic E-state index is 14.4. The predicted octanol–water partition coefficient (Wildman–Crippen LogP) is 2.60. The molecule has 0 aromatic carbocycles. The summed E-state index contributed by atoms with van der Waals surface area (Å²) in [5.74, 6) is 0. The molecule has 136 valence electrons. The van der Waals surface area contributed by atoms with E-state index in [0.717, 1.165) is 9.80 Å². The third-order valence-electron chi connectivity index (χ3n) is 3.52. The molecule has 0 aliphatic heterocycles. The number of amides is 2. The van der Waals surface area contributed by atoms with E-state index in [0.29, 0.717) is 0 Å². The van der Waals surface area contributed by atoms with Crippen LogP contribution >= 0.6 is 0 Å². The maximum absolute atomic E-state index is 14.4. The van der Waals surface area contributed by atoms with Gasteiger partial charge >= 0.3 is 12.2 Å². The van der Waals surface area contributed by atoms with E-state index in [1.54, 1.807) is 41.5 Å². The smallest absolute Gasteiger partial charge is 0.408 e. The monoisotopic (exact) mass is 335 g/mol. The van der Waals surface area contributed by atoms with E-state index < -0.39 is 35.5 Å². The molecule has 0 aliphatic rings. The Bertz CT molecular complexity index is 418. The third-order valence-corrected chi connectivity index (χ3v) is 3.52. The van der Waals surface area contributed by atoms with E-state index in [-0.39, 0.29) is 19.5 Å². The van der Waals surface area contributed by atoms with Gasteiger partial charge in [0.25, 0.3) is 0 Å². The Morgan fingerprint density at radius 3 is 1.78 bits per heavy atom. The lowest BCUT2D eigenvalue weighted by molar-refractivity contribution is 0.0459. The molecule has 0 saturated carbocycles. The number of nitrogens with two attached hydrogens (primary N) is 1. The number of carbonyl (C=O) groups is 2. The van der Waals surface area contributed by atoms with Crippen LogP contribution in [0.4, 0.5) is 14.0 Å². The van der Waals surface area contributed by atoms with Crippen LogP contribution in [0, 0.1) is 0 Å². The van der Waals surface area contributed by atoms with Crippen LogP contribution in [-0.4, -0.2) is 68.6 Å². The van der Waals surface area contributed by atoms with Gasteiger partial charge in [-0.05, 0) is 41.5 Å². The molecule has 2 amide bonds. The van der Waals surface area contributed by atoms with Crippen molar-refractivity contribution in [2.45, 2.75) is 71.3 Å².